The van der Waals surface area contributed by atoms with Crippen molar-refractivity contribution in [2.45, 2.75) is 4.90 Å². The Balaban J connectivity index is 2.08. The second-order valence-electron chi connectivity index (χ2n) is 5.45. The summed E-state index contributed by atoms with van der Waals surface area (Å²) in [5.74, 6) is 0. The van der Waals surface area contributed by atoms with Gasteiger partial charge in [0.05, 0.1) is 5.56 Å². The standard InChI is InChI=1S/C19H16NOS/c1-22(2)17-10-6-4-8-15(17)18-19-14(11-12-20-18)13-7-3-5-9-16(13)21-19/h3-12H,1-2H3/q+1. The molecule has 0 amide bonds. The van der Waals surface area contributed by atoms with Gasteiger partial charge in [-0.2, -0.15) is 0 Å². The Hall–Kier alpha value is -2.26. The highest BCUT2D eigenvalue weighted by atomic mass is 32.2. The van der Waals surface area contributed by atoms with Gasteiger partial charge < -0.3 is 4.42 Å². The lowest BCUT2D eigenvalue weighted by atomic mass is 10.1. The average Bonchev–Trinajstić information content (AvgIpc) is 2.93. The first-order valence-corrected chi connectivity index (χ1v) is 9.23. The summed E-state index contributed by atoms with van der Waals surface area (Å²) in [6.07, 6.45) is 6.34. The molecule has 0 saturated heterocycles. The van der Waals surface area contributed by atoms with E-state index in [0.717, 1.165) is 27.6 Å². The topological polar surface area (TPSA) is 26.0 Å². The molecule has 3 heteroatoms. The number of nitrogens with zero attached hydrogens (tertiary/aromatic N) is 1. The fourth-order valence-corrected chi connectivity index (χ4v) is 3.82. The molecule has 0 unspecified atom stereocenters. The molecule has 2 heterocycles. The summed E-state index contributed by atoms with van der Waals surface area (Å²) in [5.41, 5.74) is 3.89. The van der Waals surface area contributed by atoms with E-state index in [1.165, 1.54) is 10.5 Å². The quantitative estimate of drug-likeness (QED) is 0.493. The summed E-state index contributed by atoms with van der Waals surface area (Å²) >= 11 is 0. The van der Waals surface area contributed by atoms with Crippen LogP contribution in [-0.4, -0.2) is 17.5 Å². The van der Waals surface area contributed by atoms with Crippen LogP contribution < -0.4 is 0 Å². The number of hydrogen-bond donors (Lipinski definition) is 0. The van der Waals surface area contributed by atoms with Crippen molar-refractivity contribution in [2.75, 3.05) is 12.5 Å². The summed E-state index contributed by atoms with van der Waals surface area (Å²) in [5, 5.41) is 2.27. The van der Waals surface area contributed by atoms with E-state index in [2.05, 4.69) is 47.8 Å². The van der Waals surface area contributed by atoms with Gasteiger partial charge in [-0.1, -0.05) is 30.3 Å². The molecule has 0 aliphatic rings. The van der Waals surface area contributed by atoms with E-state index in [1.807, 2.05) is 30.5 Å². The van der Waals surface area contributed by atoms with Gasteiger partial charge in [0.25, 0.3) is 0 Å². The summed E-state index contributed by atoms with van der Waals surface area (Å²) in [4.78, 5) is 5.95. The van der Waals surface area contributed by atoms with Gasteiger partial charge in [-0.15, -0.1) is 0 Å². The Kier molecular flexibility index (Phi) is 3.16. The van der Waals surface area contributed by atoms with Crippen LogP contribution in [0.25, 0.3) is 33.2 Å². The fourth-order valence-electron chi connectivity index (χ4n) is 2.86. The largest absolute Gasteiger partial charge is 0.454 e. The van der Waals surface area contributed by atoms with Crippen molar-refractivity contribution in [1.82, 2.24) is 4.98 Å². The molecule has 0 aliphatic carbocycles. The van der Waals surface area contributed by atoms with Crippen molar-refractivity contribution in [2.24, 2.45) is 0 Å². The molecule has 0 spiro atoms. The summed E-state index contributed by atoms with van der Waals surface area (Å²) in [6, 6.07) is 18.7. The monoisotopic (exact) mass is 306 g/mol. The zero-order valence-electron chi connectivity index (χ0n) is 12.5. The third-order valence-corrected chi connectivity index (χ3v) is 5.11. The molecule has 0 bridgehead atoms. The highest BCUT2D eigenvalue weighted by Crippen LogP contribution is 2.36. The summed E-state index contributed by atoms with van der Waals surface area (Å²) < 4.78 is 6.11. The number of aromatic nitrogens is 1. The van der Waals surface area contributed by atoms with Crippen LogP contribution in [0, 0.1) is 0 Å². The van der Waals surface area contributed by atoms with Crippen LogP contribution in [0.1, 0.15) is 0 Å². The molecule has 0 atom stereocenters. The predicted molar refractivity (Wildman–Crippen MR) is 94.4 cm³/mol. The minimum atomic E-state index is 0.167. The highest BCUT2D eigenvalue weighted by Gasteiger charge is 2.20. The van der Waals surface area contributed by atoms with E-state index in [4.69, 9.17) is 4.42 Å². The van der Waals surface area contributed by atoms with Gasteiger partial charge in [0.15, 0.2) is 10.5 Å². The maximum atomic E-state index is 6.11. The number of rotatable bonds is 2. The number of furan rings is 1. The van der Waals surface area contributed by atoms with Gasteiger partial charge in [0, 0.05) is 27.9 Å². The smallest absolute Gasteiger partial charge is 0.163 e. The lowest BCUT2D eigenvalue weighted by Crippen LogP contribution is -1.99. The van der Waals surface area contributed by atoms with E-state index in [1.54, 1.807) is 0 Å². The number of hydrogen-bond acceptors (Lipinski definition) is 2. The molecule has 0 saturated carbocycles. The third kappa shape index (κ3) is 2.01. The van der Waals surface area contributed by atoms with Crippen molar-refractivity contribution >= 4 is 32.8 Å². The second kappa shape index (κ2) is 5.18. The van der Waals surface area contributed by atoms with Crippen molar-refractivity contribution < 1.29 is 4.42 Å². The molecule has 0 fully saturated rings. The van der Waals surface area contributed by atoms with Crippen molar-refractivity contribution in [3.05, 3.63) is 60.8 Å². The minimum absolute atomic E-state index is 0.167. The first-order chi connectivity index (χ1) is 10.8. The third-order valence-electron chi connectivity index (χ3n) is 3.88. The van der Waals surface area contributed by atoms with Crippen molar-refractivity contribution in [1.29, 1.82) is 0 Å². The Labute approximate surface area is 132 Å². The Morgan fingerprint density at radius 2 is 1.64 bits per heavy atom. The van der Waals surface area contributed by atoms with Gasteiger partial charge in [-0.25, -0.2) is 0 Å². The van der Waals surface area contributed by atoms with Gasteiger partial charge in [0.2, 0.25) is 0 Å². The molecule has 4 aromatic rings. The first kappa shape index (κ1) is 13.4. The maximum Gasteiger partial charge on any atom is 0.163 e. The molecule has 108 valence electrons. The molecule has 2 nitrogen and oxygen atoms in total. The lowest BCUT2D eigenvalue weighted by Gasteiger charge is -2.05. The van der Waals surface area contributed by atoms with E-state index in [-0.39, 0.29) is 10.9 Å². The SMILES string of the molecule is C[S+](C)c1ccccc1-c1nccc2c1oc1ccccc12. The normalized spacial score (nSPS) is 11.6. The van der Waals surface area contributed by atoms with E-state index in [0.29, 0.717) is 0 Å². The van der Waals surface area contributed by atoms with Gasteiger partial charge in [-0.3, -0.25) is 4.98 Å². The Bertz CT molecular complexity index is 971. The second-order valence-corrected chi connectivity index (χ2v) is 7.52. The van der Waals surface area contributed by atoms with E-state index >= 15 is 0 Å². The van der Waals surface area contributed by atoms with Crippen LogP contribution in [0.4, 0.5) is 0 Å². The Morgan fingerprint density at radius 3 is 2.50 bits per heavy atom. The fraction of sp³-hybridized carbons (Fsp3) is 0.105. The van der Waals surface area contributed by atoms with Crippen molar-refractivity contribution in [3.8, 4) is 11.3 Å². The molecular formula is C19H16NOS+. The number of para-hydroxylation sites is 1. The zero-order chi connectivity index (χ0) is 15.1. The molecular weight excluding hydrogens is 290 g/mol. The summed E-state index contributed by atoms with van der Waals surface area (Å²) in [6.45, 7) is 0. The molecule has 2 aromatic carbocycles. The Morgan fingerprint density at radius 1 is 0.864 bits per heavy atom. The van der Waals surface area contributed by atoms with Crippen LogP contribution in [0.2, 0.25) is 0 Å². The summed E-state index contributed by atoms with van der Waals surface area (Å²) in [7, 11) is 0.167. The molecule has 2 aromatic heterocycles. The van der Waals surface area contributed by atoms with Crippen LogP contribution in [0.15, 0.2) is 70.1 Å². The minimum Gasteiger partial charge on any atom is -0.454 e. The van der Waals surface area contributed by atoms with Crippen LogP contribution in [-0.2, 0) is 10.9 Å². The molecule has 0 aliphatic heterocycles. The van der Waals surface area contributed by atoms with E-state index in [9.17, 15) is 0 Å². The zero-order valence-corrected chi connectivity index (χ0v) is 13.4. The predicted octanol–water partition coefficient (Wildman–Crippen LogP) is 4.88. The van der Waals surface area contributed by atoms with Gasteiger partial charge >= 0.3 is 0 Å². The number of pyridine rings is 1. The van der Waals surface area contributed by atoms with Crippen LogP contribution in [0.5, 0.6) is 0 Å². The first-order valence-electron chi connectivity index (χ1n) is 7.19. The highest BCUT2D eigenvalue weighted by molar-refractivity contribution is 7.95. The van der Waals surface area contributed by atoms with Gasteiger partial charge in [0.1, 0.15) is 23.8 Å². The molecule has 0 N–H and O–H groups in total. The van der Waals surface area contributed by atoms with Crippen LogP contribution in [0.3, 0.4) is 0 Å². The van der Waals surface area contributed by atoms with Crippen LogP contribution >= 0.6 is 0 Å². The van der Waals surface area contributed by atoms with Gasteiger partial charge in [-0.05, 0) is 24.3 Å². The molecule has 22 heavy (non-hydrogen) atoms. The average molecular weight is 306 g/mol. The lowest BCUT2D eigenvalue weighted by molar-refractivity contribution is 0.668. The molecule has 0 radical (unpaired) electrons. The molecule has 4 rings (SSSR count). The number of fused-ring (bicyclic) bond motifs is 3. The van der Waals surface area contributed by atoms with Crippen molar-refractivity contribution in [3.63, 3.8) is 0 Å². The van der Waals surface area contributed by atoms with E-state index < -0.39 is 0 Å². The maximum absolute atomic E-state index is 6.11. The number of benzene rings is 2.